The Hall–Kier alpha value is -2.15. The lowest BCUT2D eigenvalue weighted by molar-refractivity contribution is -0.154. The third-order valence-electron chi connectivity index (χ3n) is 5.07. The number of likely N-dealkylation sites (tertiary alicyclic amines) is 1. The summed E-state index contributed by atoms with van der Waals surface area (Å²) >= 11 is 0. The van der Waals surface area contributed by atoms with Crippen molar-refractivity contribution in [2.75, 3.05) is 44.2 Å². The minimum atomic E-state index is -0.413. The molecule has 7 nitrogen and oxygen atoms in total. The van der Waals surface area contributed by atoms with E-state index in [0.717, 1.165) is 25.1 Å². The van der Waals surface area contributed by atoms with E-state index in [4.69, 9.17) is 0 Å². The number of hydrogen-bond acceptors (Lipinski definition) is 5. The molecule has 2 aliphatic rings. The minimum absolute atomic E-state index is 0.00925. The summed E-state index contributed by atoms with van der Waals surface area (Å²) in [5.41, 5.74) is 0. The Morgan fingerprint density at radius 1 is 1.08 bits per heavy atom. The summed E-state index contributed by atoms with van der Waals surface area (Å²) in [7, 11) is 0. The number of hydrogen-bond donors (Lipinski definition) is 1. The topological polar surface area (TPSA) is 77.0 Å². The van der Waals surface area contributed by atoms with Crippen LogP contribution < -0.4 is 4.90 Å². The van der Waals surface area contributed by atoms with E-state index >= 15 is 0 Å². The highest BCUT2D eigenvalue weighted by Crippen LogP contribution is 2.20. The normalized spacial score (nSPS) is 21.3. The number of nitrogens with zero attached hydrogens (tertiary/aromatic N) is 4. The van der Waals surface area contributed by atoms with Crippen LogP contribution in [-0.4, -0.2) is 77.1 Å². The highest BCUT2D eigenvalue weighted by molar-refractivity contribution is 6.35. The van der Waals surface area contributed by atoms with E-state index in [1.807, 2.05) is 18.2 Å². The SMILES string of the molecule is O=C(C(=O)N1CCCCC1CCO)N1CCN(c2ccccn2)CC1. The van der Waals surface area contributed by atoms with Crippen LogP contribution in [0.4, 0.5) is 5.82 Å². The van der Waals surface area contributed by atoms with Crippen LogP contribution in [0, 0.1) is 0 Å². The molecule has 0 aliphatic carbocycles. The molecule has 1 aromatic rings. The first kappa shape index (κ1) is 17.7. The van der Waals surface area contributed by atoms with Crippen molar-refractivity contribution < 1.29 is 14.7 Å². The van der Waals surface area contributed by atoms with Gasteiger partial charge >= 0.3 is 11.8 Å². The van der Waals surface area contributed by atoms with Crippen LogP contribution in [0.5, 0.6) is 0 Å². The first-order valence-corrected chi connectivity index (χ1v) is 9.07. The van der Waals surface area contributed by atoms with Crippen molar-refractivity contribution >= 4 is 17.6 Å². The van der Waals surface area contributed by atoms with E-state index in [2.05, 4.69) is 9.88 Å². The molecule has 0 saturated carbocycles. The van der Waals surface area contributed by atoms with E-state index in [1.54, 1.807) is 16.0 Å². The number of piperidine rings is 1. The molecule has 2 aliphatic heterocycles. The average molecular weight is 346 g/mol. The van der Waals surface area contributed by atoms with Crippen LogP contribution >= 0.6 is 0 Å². The largest absolute Gasteiger partial charge is 0.396 e. The van der Waals surface area contributed by atoms with Crippen LogP contribution in [0.25, 0.3) is 0 Å². The molecule has 0 spiro atoms. The third-order valence-corrected chi connectivity index (χ3v) is 5.07. The van der Waals surface area contributed by atoms with E-state index in [0.29, 0.717) is 39.1 Å². The quantitative estimate of drug-likeness (QED) is 0.806. The first-order chi connectivity index (χ1) is 12.2. The van der Waals surface area contributed by atoms with Crippen molar-refractivity contribution in [3.63, 3.8) is 0 Å². The molecule has 1 aromatic heterocycles. The summed E-state index contributed by atoms with van der Waals surface area (Å²) in [5.74, 6) is 0.0786. The van der Waals surface area contributed by atoms with Gasteiger partial charge in [-0.25, -0.2) is 4.98 Å². The first-order valence-electron chi connectivity index (χ1n) is 9.07. The Kier molecular flexibility index (Phi) is 5.86. The number of amides is 2. The van der Waals surface area contributed by atoms with Gasteiger partial charge < -0.3 is 19.8 Å². The monoisotopic (exact) mass is 346 g/mol. The number of rotatable bonds is 3. The molecule has 2 amide bonds. The Bertz CT molecular complexity index is 585. The Morgan fingerprint density at radius 2 is 1.88 bits per heavy atom. The van der Waals surface area contributed by atoms with Crippen LogP contribution in [0.3, 0.4) is 0 Å². The molecule has 0 bridgehead atoms. The molecule has 2 saturated heterocycles. The molecule has 136 valence electrons. The highest BCUT2D eigenvalue weighted by atomic mass is 16.3. The van der Waals surface area contributed by atoms with E-state index in [1.165, 1.54) is 0 Å². The van der Waals surface area contributed by atoms with Crippen molar-refractivity contribution in [1.29, 1.82) is 0 Å². The summed E-state index contributed by atoms with van der Waals surface area (Å²) in [5, 5.41) is 9.20. The maximum atomic E-state index is 12.7. The fraction of sp³-hybridized carbons (Fsp3) is 0.611. The number of carbonyl (C=O) groups excluding carboxylic acids is 2. The zero-order chi connectivity index (χ0) is 17.6. The minimum Gasteiger partial charge on any atom is -0.396 e. The van der Waals surface area contributed by atoms with E-state index in [9.17, 15) is 14.7 Å². The summed E-state index contributed by atoms with van der Waals surface area (Å²) in [6.07, 6.45) is 5.15. The fourth-order valence-corrected chi connectivity index (χ4v) is 3.65. The molecule has 1 N–H and O–H groups in total. The Balaban J connectivity index is 1.57. The van der Waals surface area contributed by atoms with Crippen LogP contribution in [-0.2, 0) is 9.59 Å². The number of aliphatic hydroxyl groups excluding tert-OH is 1. The summed E-state index contributed by atoms with van der Waals surface area (Å²) in [6.45, 7) is 3.07. The maximum absolute atomic E-state index is 12.7. The van der Waals surface area contributed by atoms with Gasteiger partial charge in [-0.1, -0.05) is 6.07 Å². The summed E-state index contributed by atoms with van der Waals surface area (Å²) in [6, 6.07) is 5.77. The molecule has 25 heavy (non-hydrogen) atoms. The van der Waals surface area contributed by atoms with E-state index < -0.39 is 11.8 Å². The molecular formula is C18H26N4O3. The van der Waals surface area contributed by atoms with Gasteiger partial charge in [-0.05, 0) is 37.8 Å². The van der Waals surface area contributed by atoms with Gasteiger partial charge in [0, 0.05) is 51.6 Å². The van der Waals surface area contributed by atoms with Gasteiger partial charge in [-0.15, -0.1) is 0 Å². The van der Waals surface area contributed by atoms with E-state index in [-0.39, 0.29) is 12.6 Å². The van der Waals surface area contributed by atoms with Gasteiger partial charge in [0.05, 0.1) is 0 Å². The second-order valence-corrected chi connectivity index (χ2v) is 6.63. The lowest BCUT2D eigenvalue weighted by Gasteiger charge is -2.38. The number of aromatic nitrogens is 1. The van der Waals surface area contributed by atoms with Gasteiger partial charge in [0.15, 0.2) is 0 Å². The van der Waals surface area contributed by atoms with Crippen LogP contribution in [0.2, 0.25) is 0 Å². The molecule has 7 heteroatoms. The molecule has 0 aromatic carbocycles. The van der Waals surface area contributed by atoms with Crippen molar-refractivity contribution in [3.8, 4) is 0 Å². The van der Waals surface area contributed by atoms with Gasteiger partial charge in [-0.3, -0.25) is 9.59 Å². The lowest BCUT2D eigenvalue weighted by Crippen LogP contribution is -2.55. The molecule has 2 fully saturated rings. The highest BCUT2D eigenvalue weighted by Gasteiger charge is 2.34. The lowest BCUT2D eigenvalue weighted by atomic mass is 9.99. The number of pyridine rings is 1. The van der Waals surface area contributed by atoms with Gasteiger partial charge in [0.2, 0.25) is 0 Å². The predicted octanol–water partition coefficient (Wildman–Crippen LogP) is 0.494. The van der Waals surface area contributed by atoms with Crippen molar-refractivity contribution in [1.82, 2.24) is 14.8 Å². The van der Waals surface area contributed by atoms with Crippen LogP contribution in [0.15, 0.2) is 24.4 Å². The maximum Gasteiger partial charge on any atom is 0.312 e. The number of piperazine rings is 1. The molecule has 3 heterocycles. The molecular weight excluding hydrogens is 320 g/mol. The number of carbonyl (C=O) groups is 2. The Labute approximate surface area is 148 Å². The third kappa shape index (κ3) is 4.10. The van der Waals surface area contributed by atoms with Crippen molar-refractivity contribution in [2.45, 2.75) is 31.7 Å². The summed E-state index contributed by atoms with van der Waals surface area (Å²) < 4.78 is 0. The zero-order valence-corrected chi connectivity index (χ0v) is 14.5. The molecule has 1 unspecified atom stereocenters. The van der Waals surface area contributed by atoms with Gasteiger partial charge in [-0.2, -0.15) is 0 Å². The smallest absolute Gasteiger partial charge is 0.312 e. The standard InChI is InChI=1S/C18H26N4O3/c23-14-7-15-5-2-4-9-22(15)18(25)17(24)21-12-10-20(11-13-21)16-6-1-3-8-19-16/h1,3,6,8,15,23H,2,4-5,7,9-14H2. The zero-order valence-electron chi connectivity index (χ0n) is 14.5. The predicted molar refractivity (Wildman–Crippen MR) is 94.1 cm³/mol. The van der Waals surface area contributed by atoms with Crippen molar-refractivity contribution in [3.05, 3.63) is 24.4 Å². The molecule has 3 rings (SSSR count). The number of aliphatic hydroxyl groups is 1. The second-order valence-electron chi connectivity index (χ2n) is 6.63. The number of anilines is 1. The van der Waals surface area contributed by atoms with Gasteiger partial charge in [0.25, 0.3) is 0 Å². The fourth-order valence-electron chi connectivity index (χ4n) is 3.65. The molecule has 0 radical (unpaired) electrons. The van der Waals surface area contributed by atoms with Crippen LogP contribution in [0.1, 0.15) is 25.7 Å². The average Bonchev–Trinajstić information content (AvgIpc) is 2.68. The summed E-state index contributed by atoms with van der Waals surface area (Å²) in [4.78, 5) is 35.1. The Morgan fingerprint density at radius 3 is 2.56 bits per heavy atom. The molecule has 1 atom stereocenters. The second kappa shape index (κ2) is 8.29. The van der Waals surface area contributed by atoms with Gasteiger partial charge in [0.1, 0.15) is 5.82 Å². The van der Waals surface area contributed by atoms with Crippen molar-refractivity contribution in [2.24, 2.45) is 0 Å².